The maximum absolute atomic E-state index is 13.1. The molecule has 0 saturated heterocycles. The van der Waals surface area contributed by atoms with Gasteiger partial charge in [0.1, 0.15) is 5.82 Å². The van der Waals surface area contributed by atoms with Crippen LogP contribution in [-0.2, 0) is 0 Å². The number of methoxy groups -OCH3 is 1. The number of rotatable bonds is 3. The van der Waals surface area contributed by atoms with Gasteiger partial charge in [0.15, 0.2) is 5.75 Å². The summed E-state index contributed by atoms with van der Waals surface area (Å²) in [6.07, 6.45) is 0. The van der Waals surface area contributed by atoms with Crippen molar-refractivity contribution >= 4 is 40.5 Å². The predicted molar refractivity (Wildman–Crippen MR) is 81.8 cm³/mol. The molecule has 0 radical (unpaired) electrons. The number of ether oxygens (including phenoxy) is 1. The molecule has 0 bridgehead atoms. The standard InChI is InChI=1S/C14H11Cl2FN2O2/c1-21-13-8(3-2-4-11(13)18)14(20)19-12-9(15)5-7(17)6-10(12)16/h2-6H,18H2,1H3,(H,19,20). The zero-order chi connectivity index (χ0) is 15.6. The Morgan fingerprint density at radius 3 is 2.48 bits per heavy atom. The third kappa shape index (κ3) is 3.20. The fraction of sp³-hybridized carbons (Fsp3) is 0.0714. The summed E-state index contributed by atoms with van der Waals surface area (Å²) in [5.41, 5.74) is 6.39. The van der Waals surface area contributed by atoms with Gasteiger partial charge in [0, 0.05) is 0 Å². The second-order valence-corrected chi connectivity index (χ2v) is 4.94. The van der Waals surface area contributed by atoms with Gasteiger partial charge in [-0.15, -0.1) is 0 Å². The van der Waals surface area contributed by atoms with Gasteiger partial charge in [0.05, 0.1) is 34.1 Å². The summed E-state index contributed by atoms with van der Waals surface area (Å²) in [5, 5.41) is 2.51. The minimum absolute atomic E-state index is 0.00350. The lowest BCUT2D eigenvalue weighted by molar-refractivity contribution is 0.102. The van der Waals surface area contributed by atoms with Crippen LogP contribution in [0.1, 0.15) is 10.4 Å². The Bertz CT molecular complexity index is 684. The van der Waals surface area contributed by atoms with E-state index in [0.29, 0.717) is 5.69 Å². The molecule has 110 valence electrons. The van der Waals surface area contributed by atoms with Gasteiger partial charge in [-0.1, -0.05) is 29.3 Å². The molecule has 7 heteroatoms. The van der Waals surface area contributed by atoms with Crippen LogP contribution in [0.3, 0.4) is 0 Å². The summed E-state index contributed by atoms with van der Waals surface area (Å²) < 4.78 is 18.2. The zero-order valence-electron chi connectivity index (χ0n) is 10.9. The van der Waals surface area contributed by atoms with Crippen LogP contribution in [0.2, 0.25) is 10.0 Å². The summed E-state index contributed by atoms with van der Waals surface area (Å²) in [6.45, 7) is 0. The van der Waals surface area contributed by atoms with Gasteiger partial charge in [-0.2, -0.15) is 0 Å². The summed E-state index contributed by atoms with van der Waals surface area (Å²) in [4.78, 5) is 12.3. The third-order valence-electron chi connectivity index (χ3n) is 2.74. The number of para-hydroxylation sites is 1. The lowest BCUT2D eigenvalue weighted by Gasteiger charge is -2.13. The van der Waals surface area contributed by atoms with Crippen molar-refractivity contribution in [1.29, 1.82) is 0 Å². The van der Waals surface area contributed by atoms with E-state index < -0.39 is 11.7 Å². The maximum Gasteiger partial charge on any atom is 0.259 e. The largest absolute Gasteiger partial charge is 0.494 e. The number of carbonyl (C=O) groups is 1. The van der Waals surface area contributed by atoms with Gasteiger partial charge < -0.3 is 15.8 Å². The Balaban J connectivity index is 2.38. The quantitative estimate of drug-likeness (QED) is 0.837. The van der Waals surface area contributed by atoms with E-state index in [1.54, 1.807) is 12.1 Å². The molecule has 3 N–H and O–H groups in total. The summed E-state index contributed by atoms with van der Waals surface area (Å²) in [6, 6.07) is 6.86. The van der Waals surface area contributed by atoms with E-state index in [4.69, 9.17) is 33.7 Å². The average Bonchev–Trinajstić information content (AvgIpc) is 2.42. The third-order valence-corrected chi connectivity index (χ3v) is 3.34. The van der Waals surface area contributed by atoms with Crippen LogP contribution in [0.4, 0.5) is 15.8 Å². The molecule has 2 rings (SSSR count). The van der Waals surface area contributed by atoms with Crippen molar-refractivity contribution in [1.82, 2.24) is 0 Å². The molecule has 0 aromatic heterocycles. The van der Waals surface area contributed by atoms with E-state index in [1.807, 2.05) is 0 Å². The molecule has 0 saturated carbocycles. The molecule has 0 atom stereocenters. The normalized spacial score (nSPS) is 10.3. The molecule has 0 aliphatic rings. The monoisotopic (exact) mass is 328 g/mol. The van der Waals surface area contributed by atoms with Crippen LogP contribution in [0, 0.1) is 5.82 Å². The highest BCUT2D eigenvalue weighted by atomic mass is 35.5. The second-order valence-electron chi connectivity index (χ2n) is 4.13. The molecule has 0 fully saturated rings. The number of nitrogens with two attached hydrogens (primary N) is 1. The number of anilines is 2. The number of nitrogens with one attached hydrogen (secondary N) is 1. The van der Waals surface area contributed by atoms with Crippen LogP contribution in [0.15, 0.2) is 30.3 Å². The van der Waals surface area contributed by atoms with E-state index >= 15 is 0 Å². The maximum atomic E-state index is 13.1. The fourth-order valence-corrected chi connectivity index (χ4v) is 2.36. The number of hydrogen-bond donors (Lipinski definition) is 2. The van der Waals surface area contributed by atoms with Gasteiger partial charge in [0.2, 0.25) is 0 Å². The van der Waals surface area contributed by atoms with Crippen molar-refractivity contribution in [3.8, 4) is 5.75 Å². The molecule has 1 amide bonds. The van der Waals surface area contributed by atoms with Crippen molar-refractivity contribution in [2.45, 2.75) is 0 Å². The number of amides is 1. The molecule has 0 spiro atoms. The van der Waals surface area contributed by atoms with E-state index in [-0.39, 0.29) is 27.0 Å². The number of halogens is 3. The molecular weight excluding hydrogens is 318 g/mol. The number of benzene rings is 2. The predicted octanol–water partition coefficient (Wildman–Crippen LogP) is 3.98. The summed E-state index contributed by atoms with van der Waals surface area (Å²) in [7, 11) is 1.40. The Morgan fingerprint density at radius 1 is 1.29 bits per heavy atom. The van der Waals surface area contributed by atoms with Gasteiger partial charge in [-0.25, -0.2) is 4.39 Å². The Hall–Kier alpha value is -1.98. The Morgan fingerprint density at radius 2 is 1.90 bits per heavy atom. The van der Waals surface area contributed by atoms with Gasteiger partial charge >= 0.3 is 0 Å². The second kappa shape index (κ2) is 6.20. The number of hydrogen-bond acceptors (Lipinski definition) is 3. The van der Waals surface area contributed by atoms with Gasteiger partial charge in [-0.3, -0.25) is 4.79 Å². The smallest absolute Gasteiger partial charge is 0.259 e. The minimum Gasteiger partial charge on any atom is -0.494 e. The minimum atomic E-state index is -0.593. The Labute approximate surface area is 130 Å². The van der Waals surface area contributed by atoms with Crippen molar-refractivity contribution in [3.05, 3.63) is 51.8 Å². The van der Waals surface area contributed by atoms with E-state index in [0.717, 1.165) is 12.1 Å². The molecule has 0 aliphatic heterocycles. The first kappa shape index (κ1) is 15.4. The summed E-state index contributed by atoms with van der Waals surface area (Å²) >= 11 is 11.8. The number of nitrogen functional groups attached to an aromatic ring is 1. The van der Waals surface area contributed by atoms with Crippen molar-refractivity contribution < 1.29 is 13.9 Å². The molecule has 0 heterocycles. The first-order valence-corrected chi connectivity index (χ1v) is 6.58. The van der Waals surface area contributed by atoms with Crippen molar-refractivity contribution in [2.24, 2.45) is 0 Å². The lowest BCUT2D eigenvalue weighted by atomic mass is 10.1. The van der Waals surface area contributed by atoms with E-state index in [1.165, 1.54) is 13.2 Å². The van der Waals surface area contributed by atoms with Crippen LogP contribution in [0.25, 0.3) is 0 Å². The molecule has 0 aliphatic carbocycles. The van der Waals surface area contributed by atoms with E-state index in [9.17, 15) is 9.18 Å². The van der Waals surface area contributed by atoms with Crippen molar-refractivity contribution in [3.63, 3.8) is 0 Å². The first-order chi connectivity index (χ1) is 9.93. The SMILES string of the molecule is COc1c(N)cccc1C(=O)Nc1c(Cl)cc(F)cc1Cl. The highest BCUT2D eigenvalue weighted by Crippen LogP contribution is 2.33. The number of carbonyl (C=O) groups excluding carboxylic acids is 1. The molecule has 2 aromatic rings. The molecular formula is C14H11Cl2FN2O2. The molecule has 21 heavy (non-hydrogen) atoms. The zero-order valence-corrected chi connectivity index (χ0v) is 12.4. The fourth-order valence-electron chi connectivity index (χ4n) is 1.80. The first-order valence-electron chi connectivity index (χ1n) is 5.82. The average molecular weight is 329 g/mol. The van der Waals surface area contributed by atoms with Crippen LogP contribution < -0.4 is 15.8 Å². The van der Waals surface area contributed by atoms with Crippen molar-refractivity contribution in [2.75, 3.05) is 18.2 Å². The van der Waals surface area contributed by atoms with E-state index in [2.05, 4.69) is 5.32 Å². The highest BCUT2D eigenvalue weighted by Gasteiger charge is 2.17. The van der Waals surface area contributed by atoms with Crippen LogP contribution in [0.5, 0.6) is 5.75 Å². The van der Waals surface area contributed by atoms with Gasteiger partial charge in [-0.05, 0) is 24.3 Å². The topological polar surface area (TPSA) is 64.3 Å². The molecule has 4 nitrogen and oxygen atoms in total. The van der Waals surface area contributed by atoms with Crippen LogP contribution >= 0.6 is 23.2 Å². The molecule has 0 unspecified atom stereocenters. The molecule has 2 aromatic carbocycles. The highest BCUT2D eigenvalue weighted by molar-refractivity contribution is 6.40. The summed E-state index contributed by atoms with van der Waals surface area (Å²) in [5.74, 6) is -0.872. The van der Waals surface area contributed by atoms with Crippen LogP contribution in [-0.4, -0.2) is 13.0 Å². The lowest BCUT2D eigenvalue weighted by Crippen LogP contribution is -2.14. The van der Waals surface area contributed by atoms with Gasteiger partial charge in [0.25, 0.3) is 5.91 Å². The Kier molecular flexibility index (Phi) is 4.55.